The zero-order valence-electron chi connectivity index (χ0n) is 8.41. The topological polar surface area (TPSA) is 52.6 Å². The van der Waals surface area contributed by atoms with Crippen LogP contribution < -0.4 is 5.32 Å². The molecule has 0 unspecified atom stereocenters. The van der Waals surface area contributed by atoms with Crippen molar-refractivity contribution >= 4 is 5.91 Å². The largest absolute Gasteiger partial charge is 0.391 e. The standard InChI is InChI=1S/C10H18N2O2/c13-9-2-1-3-12(7-9)10(14)4-8-5-11-6-8/h8-9,11,13H,1-7H2/t9-/m0/s1. The molecule has 14 heavy (non-hydrogen) atoms. The van der Waals surface area contributed by atoms with Crippen LogP contribution in [0.4, 0.5) is 0 Å². The Balaban J connectivity index is 1.77. The van der Waals surface area contributed by atoms with E-state index in [1.807, 2.05) is 4.90 Å². The molecule has 2 aliphatic rings. The fourth-order valence-electron chi connectivity index (χ4n) is 2.05. The second kappa shape index (κ2) is 4.28. The van der Waals surface area contributed by atoms with Gasteiger partial charge in [0.15, 0.2) is 0 Å². The number of nitrogens with one attached hydrogen (secondary N) is 1. The second-order valence-corrected chi connectivity index (χ2v) is 4.36. The molecule has 2 rings (SSSR count). The van der Waals surface area contributed by atoms with Crippen molar-refractivity contribution in [3.8, 4) is 0 Å². The van der Waals surface area contributed by atoms with E-state index in [9.17, 15) is 9.90 Å². The minimum atomic E-state index is -0.299. The zero-order valence-corrected chi connectivity index (χ0v) is 8.41. The first-order valence-electron chi connectivity index (χ1n) is 5.42. The van der Waals surface area contributed by atoms with Crippen molar-refractivity contribution in [2.45, 2.75) is 25.4 Å². The van der Waals surface area contributed by atoms with Crippen LogP contribution in [0.5, 0.6) is 0 Å². The second-order valence-electron chi connectivity index (χ2n) is 4.36. The summed E-state index contributed by atoms with van der Waals surface area (Å²) in [5.41, 5.74) is 0. The monoisotopic (exact) mass is 198 g/mol. The Bertz CT molecular complexity index is 216. The van der Waals surface area contributed by atoms with E-state index in [4.69, 9.17) is 0 Å². The fourth-order valence-corrected chi connectivity index (χ4v) is 2.05. The lowest BCUT2D eigenvalue weighted by Crippen LogP contribution is -2.47. The number of hydrogen-bond donors (Lipinski definition) is 2. The number of piperidine rings is 1. The molecule has 0 aromatic rings. The van der Waals surface area contributed by atoms with Crippen LogP contribution in [0.1, 0.15) is 19.3 Å². The summed E-state index contributed by atoms with van der Waals surface area (Å²) in [4.78, 5) is 13.5. The van der Waals surface area contributed by atoms with Crippen molar-refractivity contribution in [2.24, 2.45) is 5.92 Å². The summed E-state index contributed by atoms with van der Waals surface area (Å²) < 4.78 is 0. The third-order valence-corrected chi connectivity index (χ3v) is 3.08. The lowest BCUT2D eigenvalue weighted by molar-refractivity contribution is -0.135. The molecule has 0 aromatic carbocycles. The van der Waals surface area contributed by atoms with Crippen molar-refractivity contribution in [1.82, 2.24) is 10.2 Å². The number of β-amino-alcohol motifs (C(OH)–C–C–N with tert-alkyl or cyclic N) is 1. The number of hydrogen-bond acceptors (Lipinski definition) is 3. The molecule has 0 aromatic heterocycles. The highest BCUT2D eigenvalue weighted by atomic mass is 16.3. The molecule has 1 atom stereocenters. The molecule has 2 N–H and O–H groups in total. The first-order valence-corrected chi connectivity index (χ1v) is 5.42. The van der Waals surface area contributed by atoms with Crippen molar-refractivity contribution in [3.05, 3.63) is 0 Å². The number of aliphatic hydroxyl groups excluding tert-OH is 1. The SMILES string of the molecule is O=C(CC1CNC1)N1CCC[C@H](O)C1. The van der Waals surface area contributed by atoms with Gasteiger partial charge in [0, 0.05) is 19.5 Å². The summed E-state index contributed by atoms with van der Waals surface area (Å²) in [6, 6.07) is 0. The predicted octanol–water partition coefficient (Wildman–Crippen LogP) is -0.421. The normalized spacial score (nSPS) is 28.6. The van der Waals surface area contributed by atoms with Gasteiger partial charge in [-0.2, -0.15) is 0 Å². The number of aliphatic hydroxyl groups is 1. The Hall–Kier alpha value is -0.610. The highest BCUT2D eigenvalue weighted by Crippen LogP contribution is 2.15. The molecule has 4 nitrogen and oxygen atoms in total. The predicted molar refractivity (Wildman–Crippen MR) is 52.8 cm³/mol. The average molecular weight is 198 g/mol. The Morgan fingerprint density at radius 3 is 2.86 bits per heavy atom. The van der Waals surface area contributed by atoms with Gasteiger partial charge in [0.05, 0.1) is 6.10 Å². The lowest BCUT2D eigenvalue weighted by Gasteiger charge is -2.33. The number of carbonyl (C=O) groups excluding carboxylic acids is 1. The fraction of sp³-hybridized carbons (Fsp3) is 0.900. The summed E-state index contributed by atoms with van der Waals surface area (Å²) in [5, 5.41) is 12.6. The number of likely N-dealkylation sites (tertiary alicyclic amines) is 1. The van der Waals surface area contributed by atoms with Gasteiger partial charge < -0.3 is 15.3 Å². The van der Waals surface area contributed by atoms with Crippen LogP contribution in [0.3, 0.4) is 0 Å². The maximum atomic E-state index is 11.7. The molecule has 2 heterocycles. The molecular formula is C10H18N2O2. The molecule has 1 amide bonds. The minimum absolute atomic E-state index is 0.218. The van der Waals surface area contributed by atoms with Crippen LogP contribution in [0.15, 0.2) is 0 Å². The van der Waals surface area contributed by atoms with Gasteiger partial charge in [0.2, 0.25) is 5.91 Å². The first-order chi connectivity index (χ1) is 6.75. The van der Waals surface area contributed by atoms with E-state index in [0.29, 0.717) is 18.9 Å². The van der Waals surface area contributed by atoms with Crippen LogP contribution >= 0.6 is 0 Å². The molecular weight excluding hydrogens is 180 g/mol. The van der Waals surface area contributed by atoms with Crippen molar-refractivity contribution < 1.29 is 9.90 Å². The highest BCUT2D eigenvalue weighted by molar-refractivity contribution is 5.76. The summed E-state index contributed by atoms with van der Waals surface area (Å²) in [5.74, 6) is 0.747. The number of rotatable bonds is 2. The molecule has 0 spiro atoms. The minimum Gasteiger partial charge on any atom is -0.391 e. The van der Waals surface area contributed by atoms with Crippen molar-refractivity contribution in [2.75, 3.05) is 26.2 Å². The van der Waals surface area contributed by atoms with Gasteiger partial charge in [0.25, 0.3) is 0 Å². The molecule has 2 fully saturated rings. The Kier molecular flexibility index (Phi) is 3.03. The van der Waals surface area contributed by atoms with E-state index in [2.05, 4.69) is 5.32 Å². The number of carbonyl (C=O) groups is 1. The first kappa shape index (κ1) is 9.93. The summed E-state index contributed by atoms with van der Waals surface area (Å²) in [6.45, 7) is 3.32. The van der Waals surface area contributed by atoms with E-state index in [0.717, 1.165) is 32.5 Å². The van der Waals surface area contributed by atoms with Gasteiger partial charge in [-0.3, -0.25) is 4.79 Å². The van der Waals surface area contributed by atoms with Crippen molar-refractivity contribution in [1.29, 1.82) is 0 Å². The third kappa shape index (κ3) is 2.25. The summed E-state index contributed by atoms with van der Waals surface area (Å²) in [6.07, 6.45) is 2.14. The van der Waals surface area contributed by atoms with Crippen LogP contribution in [-0.4, -0.2) is 48.2 Å². The molecule has 2 aliphatic heterocycles. The quantitative estimate of drug-likeness (QED) is 0.633. The van der Waals surface area contributed by atoms with Gasteiger partial charge in [-0.05, 0) is 31.8 Å². The maximum Gasteiger partial charge on any atom is 0.223 e. The molecule has 0 saturated carbocycles. The molecule has 2 saturated heterocycles. The summed E-state index contributed by atoms with van der Waals surface area (Å²) in [7, 11) is 0. The van der Waals surface area contributed by atoms with E-state index in [-0.39, 0.29) is 12.0 Å². The van der Waals surface area contributed by atoms with Gasteiger partial charge >= 0.3 is 0 Å². The van der Waals surface area contributed by atoms with E-state index < -0.39 is 0 Å². The molecule has 80 valence electrons. The molecule has 0 aliphatic carbocycles. The van der Waals surface area contributed by atoms with Gasteiger partial charge in [-0.25, -0.2) is 0 Å². The van der Waals surface area contributed by atoms with Crippen LogP contribution in [0.25, 0.3) is 0 Å². The lowest BCUT2D eigenvalue weighted by atomic mass is 9.98. The Labute approximate surface area is 84.3 Å². The van der Waals surface area contributed by atoms with Gasteiger partial charge in [0.1, 0.15) is 0 Å². The van der Waals surface area contributed by atoms with E-state index in [1.54, 1.807) is 0 Å². The Morgan fingerprint density at radius 2 is 2.29 bits per heavy atom. The van der Waals surface area contributed by atoms with Crippen LogP contribution in [0.2, 0.25) is 0 Å². The van der Waals surface area contributed by atoms with Crippen molar-refractivity contribution in [3.63, 3.8) is 0 Å². The van der Waals surface area contributed by atoms with Crippen LogP contribution in [-0.2, 0) is 4.79 Å². The molecule has 4 heteroatoms. The van der Waals surface area contributed by atoms with Gasteiger partial charge in [-0.15, -0.1) is 0 Å². The molecule has 0 radical (unpaired) electrons. The Morgan fingerprint density at radius 1 is 1.50 bits per heavy atom. The van der Waals surface area contributed by atoms with E-state index in [1.165, 1.54) is 0 Å². The van der Waals surface area contributed by atoms with Crippen LogP contribution in [0, 0.1) is 5.92 Å². The van der Waals surface area contributed by atoms with E-state index >= 15 is 0 Å². The third-order valence-electron chi connectivity index (χ3n) is 3.08. The summed E-state index contributed by atoms with van der Waals surface area (Å²) >= 11 is 0. The zero-order chi connectivity index (χ0) is 9.97. The smallest absolute Gasteiger partial charge is 0.223 e. The number of nitrogens with zero attached hydrogens (tertiary/aromatic N) is 1. The van der Waals surface area contributed by atoms with Gasteiger partial charge in [-0.1, -0.05) is 0 Å². The number of amides is 1. The maximum absolute atomic E-state index is 11.7. The average Bonchev–Trinajstić information content (AvgIpc) is 2.11. The highest BCUT2D eigenvalue weighted by Gasteiger charge is 2.26. The molecule has 0 bridgehead atoms.